The fourth-order valence-electron chi connectivity index (χ4n) is 4.66. The number of para-hydroxylation sites is 1. The SMILES string of the molecule is O=C(c1cc(N2CCCN(Cc3ccccc3F)CC2)nc2ccccc12)N1CCOCC1. The summed E-state index contributed by atoms with van der Waals surface area (Å²) in [6.45, 7) is 6.32. The average molecular weight is 449 g/mol. The van der Waals surface area contributed by atoms with E-state index < -0.39 is 0 Å². The summed E-state index contributed by atoms with van der Waals surface area (Å²) >= 11 is 0. The number of amides is 1. The van der Waals surface area contributed by atoms with E-state index in [0.29, 0.717) is 38.4 Å². The molecule has 33 heavy (non-hydrogen) atoms. The van der Waals surface area contributed by atoms with Gasteiger partial charge in [0.25, 0.3) is 5.91 Å². The molecule has 2 fully saturated rings. The second-order valence-corrected chi connectivity index (χ2v) is 8.66. The van der Waals surface area contributed by atoms with Gasteiger partial charge < -0.3 is 14.5 Å². The van der Waals surface area contributed by atoms with E-state index in [9.17, 15) is 9.18 Å². The lowest BCUT2D eigenvalue weighted by atomic mass is 10.1. The molecule has 3 heterocycles. The van der Waals surface area contributed by atoms with E-state index in [1.54, 1.807) is 6.07 Å². The molecule has 2 saturated heterocycles. The van der Waals surface area contributed by atoms with Gasteiger partial charge in [-0.3, -0.25) is 9.69 Å². The Labute approximate surface area is 193 Å². The number of halogens is 1. The van der Waals surface area contributed by atoms with Gasteiger partial charge in [0.1, 0.15) is 11.6 Å². The normalized spacial score (nSPS) is 17.8. The number of hydrogen-bond donors (Lipinski definition) is 0. The molecule has 2 aliphatic heterocycles. The minimum atomic E-state index is -0.152. The number of rotatable bonds is 4. The van der Waals surface area contributed by atoms with Gasteiger partial charge in [0, 0.05) is 56.8 Å². The number of carbonyl (C=O) groups excluding carboxylic acids is 1. The van der Waals surface area contributed by atoms with Crippen LogP contribution >= 0.6 is 0 Å². The molecular formula is C26H29FN4O2. The van der Waals surface area contributed by atoms with Crippen molar-refractivity contribution in [2.75, 3.05) is 57.4 Å². The van der Waals surface area contributed by atoms with Crippen molar-refractivity contribution in [1.82, 2.24) is 14.8 Å². The monoisotopic (exact) mass is 448 g/mol. The van der Waals surface area contributed by atoms with Crippen LogP contribution in [-0.4, -0.2) is 73.2 Å². The fraction of sp³-hybridized carbons (Fsp3) is 0.385. The Hall–Kier alpha value is -3.03. The Morgan fingerprint density at radius 1 is 0.939 bits per heavy atom. The molecule has 6 nitrogen and oxygen atoms in total. The van der Waals surface area contributed by atoms with Gasteiger partial charge in [-0.2, -0.15) is 0 Å². The van der Waals surface area contributed by atoms with Gasteiger partial charge in [0.15, 0.2) is 0 Å². The topological polar surface area (TPSA) is 48.9 Å². The van der Waals surface area contributed by atoms with Crippen LogP contribution in [0.1, 0.15) is 22.3 Å². The summed E-state index contributed by atoms with van der Waals surface area (Å²) in [5.41, 5.74) is 2.26. The minimum absolute atomic E-state index is 0.0363. The fourth-order valence-corrected chi connectivity index (χ4v) is 4.66. The Morgan fingerprint density at radius 3 is 2.58 bits per heavy atom. The smallest absolute Gasteiger partial charge is 0.254 e. The van der Waals surface area contributed by atoms with E-state index in [0.717, 1.165) is 54.9 Å². The quantitative estimate of drug-likeness (QED) is 0.611. The zero-order chi connectivity index (χ0) is 22.6. The van der Waals surface area contributed by atoms with Crippen LogP contribution in [0.3, 0.4) is 0 Å². The molecule has 0 saturated carbocycles. The van der Waals surface area contributed by atoms with Crippen molar-refractivity contribution in [2.24, 2.45) is 0 Å². The predicted octanol–water partition coefficient (Wildman–Crippen LogP) is 3.56. The molecule has 7 heteroatoms. The van der Waals surface area contributed by atoms with Crippen LogP contribution < -0.4 is 4.90 Å². The Kier molecular flexibility index (Phi) is 6.51. The van der Waals surface area contributed by atoms with Gasteiger partial charge in [0.05, 0.1) is 24.3 Å². The van der Waals surface area contributed by atoms with Crippen LogP contribution in [0.4, 0.5) is 10.2 Å². The molecule has 1 amide bonds. The molecule has 0 spiro atoms. The molecule has 5 rings (SSSR count). The second-order valence-electron chi connectivity index (χ2n) is 8.66. The Balaban J connectivity index is 1.38. The lowest BCUT2D eigenvalue weighted by Gasteiger charge is -2.28. The lowest BCUT2D eigenvalue weighted by Crippen LogP contribution is -2.41. The standard InChI is InChI=1S/C26H29FN4O2/c27-23-8-3-1-6-20(23)19-29-10-5-11-30(13-12-29)25-18-22(21-7-2-4-9-24(21)28-25)26(32)31-14-16-33-17-15-31/h1-4,6-9,18H,5,10-17,19H2. The van der Waals surface area contributed by atoms with Gasteiger partial charge in [-0.05, 0) is 24.6 Å². The Morgan fingerprint density at radius 2 is 1.73 bits per heavy atom. The first-order valence-corrected chi connectivity index (χ1v) is 11.7. The summed E-state index contributed by atoms with van der Waals surface area (Å²) in [6, 6.07) is 16.8. The number of fused-ring (bicyclic) bond motifs is 1. The molecule has 0 atom stereocenters. The largest absolute Gasteiger partial charge is 0.378 e. The molecule has 0 unspecified atom stereocenters. The number of anilines is 1. The van der Waals surface area contributed by atoms with Crippen molar-refractivity contribution < 1.29 is 13.9 Å². The number of morpholine rings is 1. The van der Waals surface area contributed by atoms with E-state index in [2.05, 4.69) is 9.80 Å². The number of aromatic nitrogens is 1. The van der Waals surface area contributed by atoms with Crippen molar-refractivity contribution in [3.05, 3.63) is 71.5 Å². The zero-order valence-electron chi connectivity index (χ0n) is 18.8. The number of nitrogens with zero attached hydrogens (tertiary/aromatic N) is 4. The van der Waals surface area contributed by atoms with Crippen molar-refractivity contribution in [3.8, 4) is 0 Å². The third-order valence-corrected chi connectivity index (χ3v) is 6.50. The van der Waals surface area contributed by atoms with Crippen LogP contribution in [-0.2, 0) is 11.3 Å². The molecule has 0 aliphatic carbocycles. The third kappa shape index (κ3) is 4.84. The molecule has 0 N–H and O–H groups in total. The first-order chi connectivity index (χ1) is 16.2. The highest BCUT2D eigenvalue weighted by atomic mass is 19.1. The lowest BCUT2D eigenvalue weighted by molar-refractivity contribution is 0.0304. The van der Waals surface area contributed by atoms with E-state index in [4.69, 9.17) is 9.72 Å². The molecule has 2 aliphatic rings. The van der Waals surface area contributed by atoms with Crippen LogP contribution in [0.25, 0.3) is 10.9 Å². The first kappa shape index (κ1) is 21.8. The number of ether oxygens (including phenoxy) is 1. The highest BCUT2D eigenvalue weighted by Crippen LogP contribution is 2.26. The van der Waals surface area contributed by atoms with E-state index >= 15 is 0 Å². The van der Waals surface area contributed by atoms with Crippen LogP contribution in [0.5, 0.6) is 0 Å². The molecular weight excluding hydrogens is 419 g/mol. The Bertz CT molecular complexity index is 1130. The van der Waals surface area contributed by atoms with Gasteiger partial charge in [-0.15, -0.1) is 0 Å². The van der Waals surface area contributed by atoms with Crippen LogP contribution in [0.2, 0.25) is 0 Å². The van der Waals surface area contributed by atoms with Gasteiger partial charge in [0.2, 0.25) is 0 Å². The maximum absolute atomic E-state index is 14.1. The number of hydrogen-bond acceptors (Lipinski definition) is 5. The molecule has 0 radical (unpaired) electrons. The summed E-state index contributed by atoms with van der Waals surface area (Å²) in [5, 5.41) is 0.883. The van der Waals surface area contributed by atoms with Gasteiger partial charge in [-0.25, -0.2) is 9.37 Å². The highest BCUT2D eigenvalue weighted by molar-refractivity contribution is 6.07. The van der Waals surface area contributed by atoms with Crippen molar-refractivity contribution in [1.29, 1.82) is 0 Å². The van der Waals surface area contributed by atoms with Crippen molar-refractivity contribution in [2.45, 2.75) is 13.0 Å². The van der Waals surface area contributed by atoms with Gasteiger partial charge >= 0.3 is 0 Å². The van der Waals surface area contributed by atoms with Crippen LogP contribution in [0.15, 0.2) is 54.6 Å². The maximum Gasteiger partial charge on any atom is 0.254 e. The summed E-state index contributed by atoms with van der Waals surface area (Å²) in [6.07, 6.45) is 0.954. The average Bonchev–Trinajstić information content (AvgIpc) is 3.10. The summed E-state index contributed by atoms with van der Waals surface area (Å²) in [4.78, 5) is 24.7. The summed E-state index contributed by atoms with van der Waals surface area (Å²) in [5.74, 6) is 0.716. The predicted molar refractivity (Wildman–Crippen MR) is 127 cm³/mol. The number of benzene rings is 2. The van der Waals surface area contributed by atoms with E-state index in [1.807, 2.05) is 47.4 Å². The van der Waals surface area contributed by atoms with Crippen molar-refractivity contribution >= 4 is 22.6 Å². The van der Waals surface area contributed by atoms with Crippen molar-refractivity contribution in [3.63, 3.8) is 0 Å². The maximum atomic E-state index is 14.1. The third-order valence-electron chi connectivity index (χ3n) is 6.50. The summed E-state index contributed by atoms with van der Waals surface area (Å²) in [7, 11) is 0. The minimum Gasteiger partial charge on any atom is -0.378 e. The van der Waals surface area contributed by atoms with E-state index in [-0.39, 0.29) is 11.7 Å². The molecule has 2 aromatic carbocycles. The number of carbonyl (C=O) groups is 1. The number of pyridine rings is 1. The molecule has 1 aromatic heterocycles. The second kappa shape index (κ2) is 9.85. The summed E-state index contributed by atoms with van der Waals surface area (Å²) < 4.78 is 19.5. The molecule has 3 aromatic rings. The highest BCUT2D eigenvalue weighted by Gasteiger charge is 2.24. The van der Waals surface area contributed by atoms with E-state index in [1.165, 1.54) is 6.07 Å². The van der Waals surface area contributed by atoms with Crippen LogP contribution in [0, 0.1) is 5.82 Å². The molecule has 172 valence electrons. The molecule has 0 bridgehead atoms. The zero-order valence-corrected chi connectivity index (χ0v) is 18.8. The van der Waals surface area contributed by atoms with Gasteiger partial charge in [-0.1, -0.05) is 36.4 Å². The first-order valence-electron chi connectivity index (χ1n) is 11.7.